The van der Waals surface area contributed by atoms with E-state index in [1.165, 1.54) is 0 Å². The number of benzene rings is 1. The molecule has 0 aromatic heterocycles. The maximum absolute atomic E-state index is 12.7. The number of carbonyl (C=O) groups excluding carboxylic acids is 2. The van der Waals surface area contributed by atoms with Crippen molar-refractivity contribution in [1.29, 1.82) is 0 Å². The zero-order chi connectivity index (χ0) is 20.0. The summed E-state index contributed by atoms with van der Waals surface area (Å²) in [5.41, 5.74) is 6.59. The van der Waals surface area contributed by atoms with E-state index < -0.39 is 0 Å². The van der Waals surface area contributed by atoms with Crippen LogP contribution in [0.5, 0.6) is 0 Å². The van der Waals surface area contributed by atoms with Crippen molar-refractivity contribution in [3.63, 3.8) is 0 Å². The molecule has 0 bridgehead atoms. The van der Waals surface area contributed by atoms with Crippen molar-refractivity contribution in [3.8, 4) is 0 Å². The summed E-state index contributed by atoms with van der Waals surface area (Å²) in [6.07, 6.45) is 1.38. The van der Waals surface area contributed by atoms with Gasteiger partial charge in [-0.3, -0.25) is 4.79 Å². The van der Waals surface area contributed by atoms with Crippen LogP contribution in [-0.4, -0.2) is 54.0 Å². The van der Waals surface area contributed by atoms with Gasteiger partial charge in [0.15, 0.2) is 0 Å². The molecule has 1 fully saturated rings. The van der Waals surface area contributed by atoms with E-state index >= 15 is 0 Å². The van der Waals surface area contributed by atoms with Gasteiger partial charge in [0.2, 0.25) is 5.91 Å². The van der Waals surface area contributed by atoms with Crippen LogP contribution in [0.25, 0.3) is 0 Å². The Hall–Kier alpha value is -2.08. The van der Waals surface area contributed by atoms with E-state index in [1.807, 2.05) is 49.2 Å². The molecule has 1 aromatic rings. The summed E-state index contributed by atoms with van der Waals surface area (Å²) in [4.78, 5) is 28.9. The number of urea groups is 1. The van der Waals surface area contributed by atoms with Crippen molar-refractivity contribution < 1.29 is 9.59 Å². The second-order valence-electron chi connectivity index (χ2n) is 8.15. The van der Waals surface area contributed by atoms with Crippen LogP contribution < -0.4 is 11.1 Å². The molecule has 150 valence electrons. The normalized spacial score (nSPS) is 17.5. The van der Waals surface area contributed by atoms with E-state index in [1.54, 1.807) is 4.90 Å². The molecule has 2 rings (SSSR count). The molecule has 0 radical (unpaired) electrons. The molecular formula is C21H34N4O2. The monoisotopic (exact) mass is 374 g/mol. The maximum atomic E-state index is 12.7. The third kappa shape index (κ3) is 5.45. The van der Waals surface area contributed by atoms with E-state index in [9.17, 15) is 9.59 Å². The van der Waals surface area contributed by atoms with E-state index in [0.29, 0.717) is 39.0 Å². The highest BCUT2D eigenvalue weighted by Gasteiger charge is 2.34. The second kappa shape index (κ2) is 9.22. The van der Waals surface area contributed by atoms with Gasteiger partial charge in [-0.1, -0.05) is 44.2 Å². The predicted octanol–water partition coefficient (Wildman–Crippen LogP) is 2.44. The second-order valence-corrected chi connectivity index (χ2v) is 8.15. The topological polar surface area (TPSA) is 78.7 Å². The van der Waals surface area contributed by atoms with Crippen LogP contribution in [0.3, 0.4) is 0 Å². The summed E-state index contributed by atoms with van der Waals surface area (Å²) in [6.45, 7) is 8.34. The zero-order valence-electron chi connectivity index (χ0n) is 17.1. The molecule has 27 heavy (non-hydrogen) atoms. The first-order valence-corrected chi connectivity index (χ1v) is 9.83. The Morgan fingerprint density at radius 3 is 2.37 bits per heavy atom. The molecule has 6 nitrogen and oxygen atoms in total. The van der Waals surface area contributed by atoms with E-state index in [4.69, 9.17) is 5.73 Å². The summed E-state index contributed by atoms with van der Waals surface area (Å²) < 4.78 is 0. The summed E-state index contributed by atoms with van der Waals surface area (Å²) in [5, 5.41) is 3.13. The molecule has 0 aliphatic carbocycles. The van der Waals surface area contributed by atoms with Crippen LogP contribution >= 0.6 is 0 Å². The minimum absolute atomic E-state index is 0.0201. The lowest BCUT2D eigenvalue weighted by atomic mass is 9.86. The summed E-state index contributed by atoms with van der Waals surface area (Å²) >= 11 is 0. The predicted molar refractivity (Wildman–Crippen MR) is 108 cm³/mol. The standard InChI is InChI=1S/C21H34N4O2/c1-16(2)21(3,15-22)23-19(26)18-10-12-25(13-11-18)20(27)24(4)14-17-8-6-5-7-9-17/h5-9,16,18H,10-15,22H2,1-4H3,(H,23,26). The van der Waals surface area contributed by atoms with Gasteiger partial charge in [-0.25, -0.2) is 4.79 Å². The number of likely N-dealkylation sites (tertiary alicyclic amines) is 1. The fourth-order valence-electron chi connectivity index (χ4n) is 3.31. The van der Waals surface area contributed by atoms with Gasteiger partial charge in [0, 0.05) is 39.1 Å². The van der Waals surface area contributed by atoms with E-state index in [0.717, 1.165) is 5.56 Å². The summed E-state index contributed by atoms with van der Waals surface area (Å²) in [5.74, 6) is 0.263. The smallest absolute Gasteiger partial charge is 0.320 e. The zero-order valence-corrected chi connectivity index (χ0v) is 17.1. The molecule has 1 aromatic carbocycles. The van der Waals surface area contributed by atoms with Crippen molar-refractivity contribution in [2.45, 2.75) is 45.7 Å². The lowest BCUT2D eigenvalue weighted by molar-refractivity contribution is -0.128. The molecule has 0 spiro atoms. The van der Waals surface area contributed by atoms with Gasteiger partial charge in [0.25, 0.3) is 0 Å². The van der Waals surface area contributed by atoms with Crippen LogP contribution in [0.1, 0.15) is 39.2 Å². The van der Waals surface area contributed by atoms with Crippen LogP contribution in [-0.2, 0) is 11.3 Å². The highest BCUT2D eigenvalue weighted by molar-refractivity contribution is 5.80. The van der Waals surface area contributed by atoms with Crippen molar-refractivity contribution in [1.82, 2.24) is 15.1 Å². The maximum Gasteiger partial charge on any atom is 0.320 e. The van der Waals surface area contributed by atoms with Crippen LogP contribution in [0.4, 0.5) is 4.79 Å². The molecule has 6 heteroatoms. The van der Waals surface area contributed by atoms with Gasteiger partial charge in [0.05, 0.1) is 5.54 Å². The molecule has 0 saturated carbocycles. The third-order valence-electron chi connectivity index (χ3n) is 5.83. The first-order chi connectivity index (χ1) is 12.8. The van der Waals surface area contributed by atoms with Crippen molar-refractivity contribution in [3.05, 3.63) is 35.9 Å². The van der Waals surface area contributed by atoms with Crippen LogP contribution in [0.2, 0.25) is 0 Å². The van der Waals surface area contributed by atoms with Gasteiger partial charge in [-0.15, -0.1) is 0 Å². The Bertz CT molecular complexity index is 626. The number of amides is 3. The van der Waals surface area contributed by atoms with Gasteiger partial charge < -0.3 is 20.9 Å². The molecule has 1 atom stereocenters. The van der Waals surface area contributed by atoms with Crippen LogP contribution in [0.15, 0.2) is 30.3 Å². The Balaban J connectivity index is 1.85. The average molecular weight is 375 g/mol. The number of nitrogens with one attached hydrogen (secondary N) is 1. The van der Waals surface area contributed by atoms with Gasteiger partial charge in [-0.05, 0) is 31.2 Å². The first kappa shape index (κ1) is 21.2. The molecule has 1 aliphatic rings. The SMILES string of the molecule is CC(C)C(C)(CN)NC(=O)C1CCN(C(=O)N(C)Cc2ccccc2)CC1. The quantitative estimate of drug-likeness (QED) is 0.803. The largest absolute Gasteiger partial charge is 0.349 e. The van der Waals surface area contributed by atoms with Crippen molar-refractivity contribution in [2.24, 2.45) is 17.6 Å². The van der Waals surface area contributed by atoms with Gasteiger partial charge >= 0.3 is 6.03 Å². The number of carbonyl (C=O) groups is 2. The number of nitrogens with two attached hydrogens (primary N) is 1. The summed E-state index contributed by atoms with van der Waals surface area (Å²) in [7, 11) is 1.82. The number of rotatable bonds is 6. The van der Waals surface area contributed by atoms with E-state index in [-0.39, 0.29) is 29.3 Å². The Kier molecular flexibility index (Phi) is 7.25. The number of nitrogens with zero attached hydrogens (tertiary/aromatic N) is 2. The molecule has 1 heterocycles. The van der Waals surface area contributed by atoms with Crippen molar-refractivity contribution >= 4 is 11.9 Å². The Morgan fingerprint density at radius 2 is 1.85 bits per heavy atom. The van der Waals surface area contributed by atoms with Gasteiger partial charge in [-0.2, -0.15) is 0 Å². The van der Waals surface area contributed by atoms with Crippen molar-refractivity contribution in [2.75, 3.05) is 26.7 Å². The lowest BCUT2D eigenvalue weighted by Gasteiger charge is -2.38. The van der Waals surface area contributed by atoms with E-state index in [2.05, 4.69) is 19.2 Å². The van der Waals surface area contributed by atoms with Crippen LogP contribution in [0, 0.1) is 11.8 Å². The number of hydrogen-bond acceptors (Lipinski definition) is 3. The molecule has 1 saturated heterocycles. The minimum Gasteiger partial charge on any atom is -0.349 e. The van der Waals surface area contributed by atoms with Gasteiger partial charge in [0.1, 0.15) is 0 Å². The molecular weight excluding hydrogens is 340 g/mol. The Labute approximate surface area is 163 Å². The minimum atomic E-state index is -0.389. The Morgan fingerprint density at radius 1 is 1.26 bits per heavy atom. The lowest BCUT2D eigenvalue weighted by Crippen LogP contribution is -2.57. The molecule has 1 aliphatic heterocycles. The third-order valence-corrected chi connectivity index (χ3v) is 5.83. The number of piperidine rings is 1. The highest BCUT2D eigenvalue weighted by Crippen LogP contribution is 2.22. The fraction of sp³-hybridized carbons (Fsp3) is 0.619. The molecule has 3 N–H and O–H groups in total. The summed E-state index contributed by atoms with van der Waals surface area (Å²) in [6, 6.07) is 9.98. The first-order valence-electron chi connectivity index (χ1n) is 9.83. The number of hydrogen-bond donors (Lipinski definition) is 2. The average Bonchev–Trinajstić information content (AvgIpc) is 2.68. The fourth-order valence-corrected chi connectivity index (χ4v) is 3.31. The molecule has 1 unspecified atom stereocenters. The molecule has 3 amide bonds. The highest BCUT2D eigenvalue weighted by atomic mass is 16.2.